The first-order valence-electron chi connectivity index (χ1n) is 14.8. The Kier molecular flexibility index (Phi) is 7.99. The fourth-order valence-corrected chi connectivity index (χ4v) is 6.67. The van der Waals surface area contributed by atoms with Gasteiger partial charge in [0.2, 0.25) is 5.88 Å². The van der Waals surface area contributed by atoms with E-state index in [4.69, 9.17) is 14.5 Å². The van der Waals surface area contributed by atoms with E-state index < -0.39 is 11.6 Å². The third-order valence-electron chi connectivity index (χ3n) is 8.77. The minimum Gasteiger partial charge on any atom is -0.494 e. The summed E-state index contributed by atoms with van der Waals surface area (Å²) in [5.74, 6) is 2.29. The quantitative estimate of drug-likeness (QED) is 0.310. The lowest BCUT2D eigenvalue weighted by Crippen LogP contribution is -2.40. The average molecular weight is 616 g/mol. The first kappa shape index (κ1) is 29.7. The standard InChI is InChI=1S/C31H36F3N5O3S/c1-29(2)19-21-5-3-4-17-41-22-6-8-23(9-7-22)43-37-28(40)24-10-11-25(35-27(24)38(29)20-21)39-16-12-26(36-39)42-18-15-30(13-14-30)31(32,33)34/h6-12,16,21H,3-5,13-15,17-20H2,1-2H3,(H,37,40). The van der Waals surface area contributed by atoms with Crippen LogP contribution in [0.4, 0.5) is 19.0 Å². The van der Waals surface area contributed by atoms with Crippen molar-refractivity contribution in [3.8, 4) is 17.4 Å². The Morgan fingerprint density at radius 1 is 1.12 bits per heavy atom. The number of anilines is 1. The van der Waals surface area contributed by atoms with Gasteiger partial charge < -0.3 is 14.4 Å². The molecule has 7 rings (SSSR count). The van der Waals surface area contributed by atoms with E-state index in [1.54, 1.807) is 24.4 Å². The fourth-order valence-electron chi connectivity index (χ4n) is 6.08. The van der Waals surface area contributed by atoms with Crippen LogP contribution in [0.5, 0.6) is 11.6 Å². The molecule has 1 aromatic carbocycles. The molecule has 43 heavy (non-hydrogen) atoms. The summed E-state index contributed by atoms with van der Waals surface area (Å²) in [4.78, 5) is 21.6. The molecule has 1 amide bonds. The van der Waals surface area contributed by atoms with Gasteiger partial charge in [-0.15, -0.1) is 5.10 Å². The Morgan fingerprint density at radius 3 is 2.65 bits per heavy atom. The van der Waals surface area contributed by atoms with Gasteiger partial charge in [0.15, 0.2) is 5.82 Å². The van der Waals surface area contributed by atoms with Crippen molar-refractivity contribution in [2.75, 3.05) is 24.7 Å². The van der Waals surface area contributed by atoms with Crippen LogP contribution in [0, 0.1) is 11.3 Å². The predicted molar refractivity (Wildman–Crippen MR) is 158 cm³/mol. The number of benzene rings is 1. The number of ether oxygens (including phenoxy) is 2. The zero-order valence-electron chi connectivity index (χ0n) is 24.3. The van der Waals surface area contributed by atoms with Crippen molar-refractivity contribution in [3.05, 3.63) is 54.2 Å². The van der Waals surface area contributed by atoms with Crippen LogP contribution in [-0.4, -0.2) is 52.1 Å². The molecule has 1 saturated heterocycles. The van der Waals surface area contributed by atoms with E-state index in [1.807, 2.05) is 24.3 Å². The maximum absolute atomic E-state index is 13.5. The minimum absolute atomic E-state index is 0.0653. The van der Waals surface area contributed by atoms with Crippen molar-refractivity contribution in [3.63, 3.8) is 0 Å². The number of carbonyl (C=O) groups is 1. The number of nitrogens with one attached hydrogen (secondary N) is 1. The van der Waals surface area contributed by atoms with Gasteiger partial charge in [-0.25, -0.2) is 9.67 Å². The number of nitrogens with zero attached hydrogens (tertiary/aromatic N) is 4. The topological polar surface area (TPSA) is 81.5 Å². The van der Waals surface area contributed by atoms with E-state index in [0.717, 1.165) is 42.9 Å². The van der Waals surface area contributed by atoms with Gasteiger partial charge in [0.25, 0.3) is 5.91 Å². The fraction of sp³-hybridized carbons (Fsp3) is 0.516. The summed E-state index contributed by atoms with van der Waals surface area (Å²) in [5, 5.41) is 4.42. The smallest absolute Gasteiger partial charge is 0.394 e. The van der Waals surface area contributed by atoms with Gasteiger partial charge in [-0.05, 0) is 113 Å². The molecule has 5 heterocycles. The summed E-state index contributed by atoms with van der Waals surface area (Å²) in [5.41, 5.74) is -1.39. The van der Waals surface area contributed by atoms with Gasteiger partial charge in [-0.2, -0.15) is 13.2 Å². The highest BCUT2D eigenvalue weighted by Crippen LogP contribution is 2.59. The number of fused-ring (bicyclic) bond motifs is 8. The van der Waals surface area contributed by atoms with Crippen LogP contribution in [0.3, 0.4) is 0 Å². The second kappa shape index (κ2) is 11.6. The van der Waals surface area contributed by atoms with Gasteiger partial charge in [-0.1, -0.05) is 0 Å². The molecule has 2 fully saturated rings. The largest absolute Gasteiger partial charge is 0.494 e. The zero-order chi connectivity index (χ0) is 30.2. The van der Waals surface area contributed by atoms with Crippen LogP contribution >= 0.6 is 11.9 Å². The zero-order valence-corrected chi connectivity index (χ0v) is 25.1. The number of pyridine rings is 1. The van der Waals surface area contributed by atoms with E-state index in [9.17, 15) is 18.0 Å². The summed E-state index contributed by atoms with van der Waals surface area (Å²) >= 11 is 1.23. The van der Waals surface area contributed by atoms with E-state index >= 15 is 0 Å². The number of hydrogen-bond acceptors (Lipinski definition) is 7. The van der Waals surface area contributed by atoms with Crippen molar-refractivity contribution in [2.24, 2.45) is 11.3 Å². The Labute approximate surface area is 253 Å². The molecule has 0 radical (unpaired) electrons. The number of halogens is 3. The van der Waals surface area contributed by atoms with Crippen LogP contribution in [-0.2, 0) is 0 Å². The molecule has 3 aliphatic heterocycles. The molecule has 2 aromatic heterocycles. The monoisotopic (exact) mass is 615 g/mol. The van der Waals surface area contributed by atoms with Crippen molar-refractivity contribution < 1.29 is 27.4 Å². The number of amides is 1. The Bertz CT molecular complexity index is 1460. The summed E-state index contributed by atoms with van der Waals surface area (Å²) in [6.07, 6.45) is 1.69. The third-order valence-corrected chi connectivity index (χ3v) is 9.56. The first-order chi connectivity index (χ1) is 20.5. The van der Waals surface area contributed by atoms with Crippen molar-refractivity contribution >= 4 is 23.7 Å². The SMILES string of the molecule is CC1(C)CC2CCCCOc3ccc(cc3)SNC(=O)c3ccc(-n4ccc(OCCC5(C(F)(F)F)CC5)n4)nc3N1C2. The van der Waals surface area contributed by atoms with Crippen LogP contribution < -0.4 is 19.1 Å². The summed E-state index contributed by atoms with van der Waals surface area (Å²) in [6.45, 7) is 5.71. The molecule has 8 nitrogen and oxygen atoms in total. The number of aromatic nitrogens is 3. The van der Waals surface area contributed by atoms with Crippen LogP contribution in [0.2, 0.25) is 0 Å². The van der Waals surface area contributed by atoms with Gasteiger partial charge in [0, 0.05) is 29.2 Å². The second-order valence-electron chi connectivity index (χ2n) is 12.4. The normalized spacial score (nSPS) is 21.5. The lowest BCUT2D eigenvalue weighted by atomic mass is 9.93. The number of rotatable bonds is 5. The highest BCUT2D eigenvalue weighted by atomic mass is 32.2. The van der Waals surface area contributed by atoms with Gasteiger partial charge in [0.1, 0.15) is 11.6 Å². The summed E-state index contributed by atoms with van der Waals surface area (Å²) in [6, 6.07) is 12.7. The van der Waals surface area contributed by atoms with Crippen molar-refractivity contribution in [1.82, 2.24) is 19.5 Å². The lowest BCUT2D eigenvalue weighted by molar-refractivity contribution is -0.190. The summed E-state index contributed by atoms with van der Waals surface area (Å²) < 4.78 is 55.8. The Hall–Kier alpha value is -3.41. The molecule has 1 unspecified atom stereocenters. The predicted octanol–water partition coefficient (Wildman–Crippen LogP) is 6.98. The van der Waals surface area contributed by atoms with Gasteiger partial charge >= 0.3 is 6.18 Å². The number of alkyl halides is 3. The van der Waals surface area contributed by atoms with E-state index in [-0.39, 0.29) is 43.2 Å². The highest BCUT2D eigenvalue weighted by Gasteiger charge is 2.62. The van der Waals surface area contributed by atoms with Crippen molar-refractivity contribution in [1.29, 1.82) is 0 Å². The van der Waals surface area contributed by atoms with Crippen molar-refractivity contribution in [2.45, 2.75) is 75.4 Å². The van der Waals surface area contributed by atoms with Crippen LogP contribution in [0.25, 0.3) is 5.82 Å². The Morgan fingerprint density at radius 2 is 1.91 bits per heavy atom. The minimum atomic E-state index is -4.21. The van der Waals surface area contributed by atoms with Crippen LogP contribution in [0.1, 0.15) is 69.2 Å². The van der Waals surface area contributed by atoms with Crippen LogP contribution in [0.15, 0.2) is 53.6 Å². The molecule has 4 bridgehead atoms. The molecular weight excluding hydrogens is 579 g/mol. The molecule has 12 heteroatoms. The van der Waals surface area contributed by atoms with E-state index in [1.165, 1.54) is 16.6 Å². The second-order valence-corrected chi connectivity index (χ2v) is 13.2. The molecule has 0 spiro atoms. The maximum Gasteiger partial charge on any atom is 0.394 e. The third kappa shape index (κ3) is 6.44. The van der Waals surface area contributed by atoms with E-state index in [0.29, 0.717) is 29.7 Å². The molecule has 1 N–H and O–H groups in total. The Balaban J connectivity index is 1.25. The number of carbonyl (C=O) groups excluding carboxylic acids is 1. The highest BCUT2D eigenvalue weighted by molar-refractivity contribution is 7.98. The maximum atomic E-state index is 13.5. The molecule has 1 aliphatic carbocycles. The average Bonchev–Trinajstić information content (AvgIpc) is 3.52. The molecule has 1 saturated carbocycles. The van der Waals surface area contributed by atoms with Gasteiger partial charge in [0.05, 0.1) is 24.2 Å². The number of hydrogen-bond donors (Lipinski definition) is 1. The van der Waals surface area contributed by atoms with Gasteiger partial charge in [-0.3, -0.25) is 9.52 Å². The lowest BCUT2D eigenvalue weighted by Gasteiger charge is -2.34. The molecule has 4 aliphatic rings. The summed E-state index contributed by atoms with van der Waals surface area (Å²) in [7, 11) is 0. The first-order valence-corrected chi connectivity index (χ1v) is 15.6. The molecule has 3 aromatic rings. The molecule has 230 valence electrons. The molecule has 1 atom stereocenters. The van der Waals surface area contributed by atoms with E-state index in [2.05, 4.69) is 28.6 Å². The molecular formula is C31H36F3N5O3S.